The summed E-state index contributed by atoms with van der Waals surface area (Å²) in [6.45, 7) is 6.83. The third kappa shape index (κ3) is 6.25. The number of guanidine groups is 1. The van der Waals surface area contributed by atoms with Crippen LogP contribution in [-0.4, -0.2) is 45.0 Å². The van der Waals surface area contributed by atoms with Crippen LogP contribution in [0.1, 0.15) is 13.3 Å². The molecule has 100 valence electrons. The van der Waals surface area contributed by atoms with E-state index in [2.05, 4.69) is 22.2 Å². The van der Waals surface area contributed by atoms with Crippen molar-refractivity contribution >= 4 is 39.8 Å². The molecule has 1 unspecified atom stereocenters. The molecule has 2 N–H and O–H groups in total. The fourth-order valence-corrected chi connectivity index (χ4v) is 3.25. The molecular weight excluding hydrogens is 353 g/mol. The van der Waals surface area contributed by atoms with Gasteiger partial charge in [-0.1, -0.05) is 6.08 Å². The number of hydrogen-bond acceptors (Lipinski definition) is 3. The van der Waals surface area contributed by atoms with Crippen molar-refractivity contribution < 1.29 is 8.42 Å². The van der Waals surface area contributed by atoms with E-state index in [4.69, 9.17) is 0 Å². The summed E-state index contributed by atoms with van der Waals surface area (Å²) in [5.74, 6) is 1.13. The van der Waals surface area contributed by atoms with Crippen molar-refractivity contribution in [3.05, 3.63) is 12.7 Å². The SMILES string of the molecule is C=CCN=C(NCC)NC1CCS(=O)(=O)C1.I. The first kappa shape index (κ1) is 16.7. The van der Waals surface area contributed by atoms with Gasteiger partial charge in [0.1, 0.15) is 0 Å². The largest absolute Gasteiger partial charge is 0.357 e. The molecule has 17 heavy (non-hydrogen) atoms. The smallest absolute Gasteiger partial charge is 0.191 e. The molecule has 0 aromatic heterocycles. The highest BCUT2D eigenvalue weighted by Gasteiger charge is 2.28. The average Bonchev–Trinajstić information content (AvgIpc) is 2.55. The van der Waals surface area contributed by atoms with Gasteiger partial charge in [-0.25, -0.2) is 13.4 Å². The van der Waals surface area contributed by atoms with Gasteiger partial charge in [0.05, 0.1) is 18.1 Å². The predicted octanol–water partition coefficient (Wildman–Crippen LogP) is 0.533. The van der Waals surface area contributed by atoms with Gasteiger partial charge in [0.25, 0.3) is 0 Å². The molecule has 0 aromatic rings. The molecular formula is C10H20IN3O2S. The first-order valence-electron chi connectivity index (χ1n) is 5.43. The first-order chi connectivity index (χ1) is 7.57. The summed E-state index contributed by atoms with van der Waals surface area (Å²) in [4.78, 5) is 4.22. The molecule has 0 amide bonds. The summed E-state index contributed by atoms with van der Waals surface area (Å²) in [5, 5.41) is 6.19. The second-order valence-electron chi connectivity index (χ2n) is 3.75. The summed E-state index contributed by atoms with van der Waals surface area (Å²) in [5.41, 5.74) is 0. The monoisotopic (exact) mass is 373 g/mol. The Kier molecular flexibility index (Phi) is 7.77. The van der Waals surface area contributed by atoms with Crippen molar-refractivity contribution in [2.75, 3.05) is 24.6 Å². The average molecular weight is 373 g/mol. The molecule has 1 atom stereocenters. The number of aliphatic imine (C=N–C) groups is 1. The lowest BCUT2D eigenvalue weighted by atomic mass is 10.3. The summed E-state index contributed by atoms with van der Waals surface area (Å²) in [7, 11) is -2.84. The fraction of sp³-hybridized carbons (Fsp3) is 0.700. The number of sulfone groups is 1. The van der Waals surface area contributed by atoms with Gasteiger partial charge in [0, 0.05) is 12.6 Å². The van der Waals surface area contributed by atoms with Gasteiger partial charge in [0.2, 0.25) is 0 Å². The highest BCUT2D eigenvalue weighted by Crippen LogP contribution is 2.10. The predicted molar refractivity (Wildman–Crippen MR) is 81.8 cm³/mol. The normalized spacial score (nSPS) is 22.6. The van der Waals surface area contributed by atoms with Crippen LogP contribution in [0.15, 0.2) is 17.6 Å². The summed E-state index contributed by atoms with van der Waals surface area (Å²) in [6.07, 6.45) is 2.35. The Morgan fingerprint density at radius 1 is 1.59 bits per heavy atom. The molecule has 0 aliphatic carbocycles. The van der Waals surface area contributed by atoms with Crippen molar-refractivity contribution in [2.45, 2.75) is 19.4 Å². The molecule has 1 saturated heterocycles. The molecule has 0 spiro atoms. The number of halogens is 1. The molecule has 1 rings (SSSR count). The molecule has 0 radical (unpaired) electrons. The van der Waals surface area contributed by atoms with E-state index in [-0.39, 0.29) is 41.5 Å². The maximum absolute atomic E-state index is 11.3. The maximum Gasteiger partial charge on any atom is 0.191 e. The summed E-state index contributed by atoms with van der Waals surface area (Å²) < 4.78 is 22.6. The number of hydrogen-bond donors (Lipinski definition) is 2. The zero-order chi connectivity index (χ0) is 12.0. The Morgan fingerprint density at radius 3 is 2.76 bits per heavy atom. The molecule has 1 aliphatic heterocycles. The number of rotatable bonds is 4. The van der Waals surface area contributed by atoms with Crippen molar-refractivity contribution in [1.29, 1.82) is 0 Å². The van der Waals surface area contributed by atoms with Crippen LogP contribution in [0.2, 0.25) is 0 Å². The highest BCUT2D eigenvalue weighted by atomic mass is 127. The van der Waals surface area contributed by atoms with E-state index in [1.54, 1.807) is 6.08 Å². The lowest BCUT2D eigenvalue weighted by Crippen LogP contribution is -2.44. The molecule has 0 aromatic carbocycles. The zero-order valence-corrected chi connectivity index (χ0v) is 13.1. The van der Waals surface area contributed by atoms with Gasteiger partial charge in [0.15, 0.2) is 15.8 Å². The molecule has 0 bridgehead atoms. The van der Waals surface area contributed by atoms with Crippen LogP contribution < -0.4 is 10.6 Å². The van der Waals surface area contributed by atoms with Crippen LogP contribution in [0, 0.1) is 0 Å². The van der Waals surface area contributed by atoms with Crippen molar-refractivity contribution in [1.82, 2.24) is 10.6 Å². The summed E-state index contributed by atoms with van der Waals surface area (Å²) in [6, 6.07) is -0.0207. The number of nitrogens with one attached hydrogen (secondary N) is 2. The van der Waals surface area contributed by atoms with Crippen molar-refractivity contribution in [3.63, 3.8) is 0 Å². The lowest BCUT2D eigenvalue weighted by molar-refractivity contribution is 0.599. The van der Waals surface area contributed by atoms with Gasteiger partial charge in [-0.2, -0.15) is 0 Å². The molecule has 1 fully saturated rings. The Bertz CT molecular complexity index is 368. The standard InChI is InChI=1S/C10H19N3O2S.HI/c1-3-6-12-10(11-4-2)13-9-5-7-16(14,15)8-9;/h3,9H,1,4-8H2,2H3,(H2,11,12,13);1H. The van der Waals surface area contributed by atoms with Crippen LogP contribution in [0.4, 0.5) is 0 Å². The van der Waals surface area contributed by atoms with Crippen LogP contribution in [0.5, 0.6) is 0 Å². The topological polar surface area (TPSA) is 70.6 Å². The van der Waals surface area contributed by atoms with Gasteiger partial charge in [-0.05, 0) is 13.3 Å². The Morgan fingerprint density at radius 2 is 2.29 bits per heavy atom. The Labute approximate surface area is 120 Å². The van der Waals surface area contributed by atoms with Gasteiger partial charge in [-0.15, -0.1) is 30.6 Å². The minimum absolute atomic E-state index is 0. The van der Waals surface area contributed by atoms with Crippen LogP contribution >= 0.6 is 24.0 Å². The second-order valence-corrected chi connectivity index (χ2v) is 5.98. The second kappa shape index (κ2) is 7.91. The highest BCUT2D eigenvalue weighted by molar-refractivity contribution is 14.0. The summed E-state index contributed by atoms with van der Waals surface area (Å²) >= 11 is 0. The third-order valence-electron chi connectivity index (χ3n) is 2.30. The van der Waals surface area contributed by atoms with E-state index in [0.717, 1.165) is 6.54 Å². The van der Waals surface area contributed by atoms with E-state index >= 15 is 0 Å². The number of nitrogens with zero attached hydrogens (tertiary/aromatic N) is 1. The molecule has 0 saturated carbocycles. The van der Waals surface area contributed by atoms with Gasteiger partial charge < -0.3 is 10.6 Å². The minimum atomic E-state index is -2.84. The van der Waals surface area contributed by atoms with E-state index in [1.807, 2.05) is 6.92 Å². The first-order valence-corrected chi connectivity index (χ1v) is 7.25. The molecule has 5 nitrogen and oxygen atoms in total. The van der Waals surface area contributed by atoms with Gasteiger partial charge >= 0.3 is 0 Å². The fourth-order valence-electron chi connectivity index (χ4n) is 1.58. The minimum Gasteiger partial charge on any atom is -0.357 e. The maximum atomic E-state index is 11.3. The lowest BCUT2D eigenvalue weighted by Gasteiger charge is -2.15. The van der Waals surface area contributed by atoms with Crippen LogP contribution in [0.25, 0.3) is 0 Å². The Balaban J connectivity index is 0.00000256. The third-order valence-corrected chi connectivity index (χ3v) is 4.06. The van der Waals surface area contributed by atoms with Crippen molar-refractivity contribution in [2.24, 2.45) is 4.99 Å². The van der Waals surface area contributed by atoms with Crippen LogP contribution in [0.3, 0.4) is 0 Å². The quantitative estimate of drug-likeness (QED) is 0.327. The van der Waals surface area contributed by atoms with E-state index < -0.39 is 9.84 Å². The zero-order valence-electron chi connectivity index (χ0n) is 9.98. The van der Waals surface area contributed by atoms with E-state index in [1.165, 1.54) is 0 Å². The van der Waals surface area contributed by atoms with Gasteiger partial charge in [-0.3, -0.25) is 0 Å². The van der Waals surface area contributed by atoms with E-state index in [9.17, 15) is 8.42 Å². The molecule has 1 aliphatic rings. The molecule has 7 heteroatoms. The van der Waals surface area contributed by atoms with Crippen LogP contribution in [-0.2, 0) is 9.84 Å². The molecule has 1 heterocycles. The van der Waals surface area contributed by atoms with Crippen molar-refractivity contribution in [3.8, 4) is 0 Å². The van der Waals surface area contributed by atoms with E-state index in [0.29, 0.717) is 18.9 Å². The Hall–Kier alpha value is -0.310.